The molecule has 0 saturated heterocycles. The first-order chi connectivity index (χ1) is 10.3. The summed E-state index contributed by atoms with van der Waals surface area (Å²) in [6.07, 6.45) is 0. The van der Waals surface area contributed by atoms with Crippen molar-refractivity contribution in [1.29, 1.82) is 5.26 Å². The minimum atomic E-state index is -3.86. The molecule has 6 nitrogen and oxygen atoms in total. The third-order valence-electron chi connectivity index (χ3n) is 2.76. The van der Waals surface area contributed by atoms with Crippen LogP contribution in [0.2, 0.25) is 0 Å². The lowest BCUT2D eigenvalue weighted by atomic mass is 9.97. The van der Waals surface area contributed by atoms with Crippen molar-refractivity contribution in [3.8, 4) is 11.8 Å². The molecule has 0 fully saturated rings. The molecule has 0 heterocycles. The summed E-state index contributed by atoms with van der Waals surface area (Å²) >= 11 is 3.34. The molecule has 0 aromatic heterocycles. The van der Waals surface area contributed by atoms with Crippen molar-refractivity contribution < 1.29 is 22.9 Å². The standard InChI is InChI=1S/C14H19BrNO5P/c1-5-19-22(17,20-6-2)21-14(3,10-16)12-9-11(15)7-8-13(12)18-4/h7-9H,5-6H2,1-4H3. The van der Waals surface area contributed by atoms with Crippen molar-refractivity contribution >= 4 is 23.8 Å². The van der Waals surface area contributed by atoms with Gasteiger partial charge in [0.1, 0.15) is 11.8 Å². The first-order valence-electron chi connectivity index (χ1n) is 6.69. The highest BCUT2D eigenvalue weighted by Crippen LogP contribution is 2.55. The molecule has 0 aliphatic rings. The van der Waals surface area contributed by atoms with Gasteiger partial charge < -0.3 is 4.74 Å². The maximum absolute atomic E-state index is 12.6. The Bertz CT molecular complexity index is 593. The maximum atomic E-state index is 12.6. The molecule has 0 N–H and O–H groups in total. The number of methoxy groups -OCH3 is 1. The molecule has 1 atom stereocenters. The van der Waals surface area contributed by atoms with Gasteiger partial charge in [-0.3, -0.25) is 13.6 Å². The topological polar surface area (TPSA) is 77.8 Å². The van der Waals surface area contributed by atoms with E-state index in [1.54, 1.807) is 32.0 Å². The van der Waals surface area contributed by atoms with Gasteiger partial charge in [0.05, 0.1) is 20.3 Å². The number of hydrogen-bond acceptors (Lipinski definition) is 6. The smallest absolute Gasteiger partial charge is 0.476 e. The molecule has 0 spiro atoms. The average Bonchev–Trinajstić information content (AvgIpc) is 2.47. The molecule has 1 rings (SSSR count). The second-order valence-electron chi connectivity index (χ2n) is 4.36. The quantitative estimate of drug-likeness (QED) is 0.611. The Hall–Kier alpha value is -0.900. The number of ether oxygens (including phenoxy) is 1. The minimum absolute atomic E-state index is 0.133. The van der Waals surface area contributed by atoms with Crippen molar-refractivity contribution in [3.05, 3.63) is 28.2 Å². The SMILES string of the molecule is CCOP(=O)(OCC)OC(C)(C#N)c1cc(Br)ccc1OC. The molecule has 0 radical (unpaired) electrons. The second-order valence-corrected chi connectivity index (χ2v) is 6.87. The lowest BCUT2D eigenvalue weighted by Gasteiger charge is -2.28. The minimum Gasteiger partial charge on any atom is -0.496 e. The van der Waals surface area contributed by atoms with Crippen molar-refractivity contribution in [1.82, 2.24) is 0 Å². The van der Waals surface area contributed by atoms with Crippen molar-refractivity contribution in [2.75, 3.05) is 20.3 Å². The molecular formula is C14H19BrNO5P. The van der Waals surface area contributed by atoms with Gasteiger partial charge in [-0.15, -0.1) is 0 Å². The Kier molecular flexibility index (Phi) is 7.04. The fraction of sp³-hybridized carbons (Fsp3) is 0.500. The van der Waals surface area contributed by atoms with Crippen LogP contribution >= 0.6 is 23.8 Å². The van der Waals surface area contributed by atoms with E-state index in [4.69, 9.17) is 18.3 Å². The predicted molar refractivity (Wildman–Crippen MR) is 85.6 cm³/mol. The molecule has 0 saturated carbocycles. The highest BCUT2D eigenvalue weighted by Gasteiger charge is 2.41. The van der Waals surface area contributed by atoms with Gasteiger partial charge in [0, 0.05) is 10.0 Å². The molecule has 0 bridgehead atoms. The Morgan fingerprint density at radius 3 is 2.36 bits per heavy atom. The second kappa shape index (κ2) is 8.09. The third kappa shape index (κ3) is 4.55. The Morgan fingerprint density at radius 2 is 1.91 bits per heavy atom. The highest BCUT2D eigenvalue weighted by molar-refractivity contribution is 9.10. The van der Waals surface area contributed by atoms with E-state index in [9.17, 15) is 9.83 Å². The van der Waals surface area contributed by atoms with E-state index in [-0.39, 0.29) is 13.2 Å². The van der Waals surface area contributed by atoms with E-state index < -0.39 is 13.4 Å². The van der Waals surface area contributed by atoms with Crippen molar-refractivity contribution in [2.24, 2.45) is 0 Å². The molecule has 1 unspecified atom stereocenters. The van der Waals surface area contributed by atoms with Crippen LogP contribution in [-0.2, 0) is 23.7 Å². The molecule has 122 valence electrons. The van der Waals surface area contributed by atoms with Crippen LogP contribution in [0.5, 0.6) is 5.75 Å². The highest BCUT2D eigenvalue weighted by atomic mass is 79.9. The molecule has 1 aromatic rings. The molecule has 8 heteroatoms. The van der Waals surface area contributed by atoms with E-state index in [2.05, 4.69) is 15.9 Å². The number of nitriles is 1. The Morgan fingerprint density at radius 1 is 1.32 bits per heavy atom. The van der Waals surface area contributed by atoms with Gasteiger partial charge in [-0.1, -0.05) is 15.9 Å². The maximum Gasteiger partial charge on any atom is 0.476 e. The summed E-state index contributed by atoms with van der Waals surface area (Å²) in [5.41, 5.74) is -1.14. The van der Waals surface area contributed by atoms with Crippen LogP contribution in [0, 0.1) is 11.3 Å². The summed E-state index contributed by atoms with van der Waals surface area (Å²) in [7, 11) is -2.38. The van der Waals surface area contributed by atoms with Gasteiger partial charge in [0.15, 0.2) is 5.60 Å². The Labute approximate surface area is 139 Å². The lowest BCUT2D eigenvalue weighted by molar-refractivity contribution is 0.0541. The summed E-state index contributed by atoms with van der Waals surface area (Å²) < 4.78 is 34.3. The number of phosphoric ester groups is 1. The van der Waals surface area contributed by atoms with E-state index >= 15 is 0 Å². The summed E-state index contributed by atoms with van der Waals surface area (Å²) in [4.78, 5) is 0. The third-order valence-corrected chi connectivity index (χ3v) is 4.99. The van der Waals surface area contributed by atoms with Gasteiger partial charge in [0.2, 0.25) is 0 Å². The average molecular weight is 392 g/mol. The molecular weight excluding hydrogens is 373 g/mol. The van der Waals surface area contributed by atoms with Crippen LogP contribution in [0.25, 0.3) is 0 Å². The van der Waals surface area contributed by atoms with Crippen molar-refractivity contribution in [2.45, 2.75) is 26.4 Å². The fourth-order valence-electron chi connectivity index (χ4n) is 1.81. The normalized spacial score (nSPS) is 14.2. The largest absolute Gasteiger partial charge is 0.496 e. The number of benzene rings is 1. The van der Waals surface area contributed by atoms with Gasteiger partial charge in [-0.2, -0.15) is 5.26 Å². The number of phosphoric acid groups is 1. The van der Waals surface area contributed by atoms with Crippen LogP contribution in [-0.4, -0.2) is 20.3 Å². The first-order valence-corrected chi connectivity index (χ1v) is 8.94. The van der Waals surface area contributed by atoms with Gasteiger partial charge in [-0.25, -0.2) is 4.57 Å². The molecule has 0 amide bonds. The zero-order chi connectivity index (χ0) is 16.8. The number of halogens is 1. The molecule has 22 heavy (non-hydrogen) atoms. The summed E-state index contributed by atoms with van der Waals surface area (Å²) in [5.74, 6) is 0.437. The van der Waals surface area contributed by atoms with E-state index in [1.165, 1.54) is 14.0 Å². The first kappa shape index (κ1) is 19.1. The summed E-state index contributed by atoms with van der Waals surface area (Å²) in [6, 6.07) is 7.14. The van der Waals surface area contributed by atoms with Crippen LogP contribution in [0.15, 0.2) is 22.7 Å². The van der Waals surface area contributed by atoms with Crippen LogP contribution in [0.3, 0.4) is 0 Å². The van der Waals surface area contributed by atoms with Crippen LogP contribution in [0.4, 0.5) is 0 Å². The number of rotatable bonds is 8. The van der Waals surface area contributed by atoms with E-state index in [0.717, 1.165) is 4.47 Å². The van der Waals surface area contributed by atoms with E-state index in [0.29, 0.717) is 11.3 Å². The molecule has 0 aliphatic carbocycles. The number of hydrogen-bond donors (Lipinski definition) is 0. The van der Waals surface area contributed by atoms with Gasteiger partial charge in [0.25, 0.3) is 0 Å². The fourth-order valence-corrected chi connectivity index (χ4v) is 3.57. The number of nitrogens with zero attached hydrogens (tertiary/aromatic N) is 1. The summed E-state index contributed by atoms with van der Waals surface area (Å²) in [5, 5.41) is 9.57. The predicted octanol–water partition coefficient (Wildman–Crippen LogP) is 4.39. The molecule has 0 aliphatic heterocycles. The van der Waals surface area contributed by atoms with E-state index in [1.807, 2.05) is 6.07 Å². The van der Waals surface area contributed by atoms with Gasteiger partial charge >= 0.3 is 7.82 Å². The van der Waals surface area contributed by atoms with Gasteiger partial charge in [-0.05, 0) is 39.0 Å². The monoisotopic (exact) mass is 391 g/mol. The zero-order valence-corrected chi connectivity index (χ0v) is 15.4. The van der Waals surface area contributed by atoms with Crippen LogP contribution < -0.4 is 4.74 Å². The zero-order valence-electron chi connectivity index (χ0n) is 13.0. The summed E-state index contributed by atoms with van der Waals surface area (Å²) in [6.45, 7) is 5.08. The Balaban J connectivity index is 3.30. The molecule has 1 aromatic carbocycles. The lowest BCUT2D eigenvalue weighted by Crippen LogP contribution is -2.24. The van der Waals surface area contributed by atoms with Crippen molar-refractivity contribution in [3.63, 3.8) is 0 Å². The van der Waals surface area contributed by atoms with Crippen LogP contribution in [0.1, 0.15) is 26.3 Å².